The van der Waals surface area contributed by atoms with Crippen molar-refractivity contribution >= 4 is 78.0 Å². The second-order valence-electron chi connectivity index (χ2n) is 24.2. The number of rotatable bonds is 13. The molecule has 0 saturated heterocycles. The van der Waals surface area contributed by atoms with Crippen LogP contribution in [0.5, 0.6) is 0 Å². The highest BCUT2D eigenvalue weighted by molar-refractivity contribution is 6.08. The minimum Gasteiger partial charge on any atom is -0.456 e. The predicted molar refractivity (Wildman–Crippen MR) is 387 cm³/mol. The normalized spacial score (nSPS) is 11.5. The van der Waals surface area contributed by atoms with Crippen LogP contribution >= 0.6 is 0 Å². The van der Waals surface area contributed by atoms with Crippen molar-refractivity contribution in [2.75, 3.05) is 9.80 Å². The van der Waals surface area contributed by atoms with Crippen LogP contribution in [0.15, 0.2) is 324 Å². The lowest BCUT2D eigenvalue weighted by molar-refractivity contribution is 0.668. The molecule has 0 aliphatic carbocycles. The molecule has 0 aliphatic rings. The molecule has 0 spiro atoms. The van der Waals surface area contributed by atoms with Gasteiger partial charge in [-0.15, -0.1) is 0 Å². The average Bonchev–Trinajstić information content (AvgIpc) is 1.31. The molecule has 0 unspecified atom stereocenters. The molecule has 92 heavy (non-hydrogen) atoms. The molecular formula is C88H64N2O2. The summed E-state index contributed by atoms with van der Waals surface area (Å²) in [6.45, 7) is 8.97. The van der Waals surface area contributed by atoms with Gasteiger partial charge < -0.3 is 18.6 Å². The van der Waals surface area contributed by atoms with Crippen molar-refractivity contribution in [2.24, 2.45) is 0 Å². The molecule has 0 atom stereocenters. The van der Waals surface area contributed by atoms with E-state index in [1.54, 1.807) is 0 Å². The summed E-state index contributed by atoms with van der Waals surface area (Å²) in [5.74, 6) is 0. The lowest BCUT2D eigenvalue weighted by Crippen LogP contribution is -2.14. The molecule has 16 rings (SSSR count). The number of furan rings is 2. The predicted octanol–water partition coefficient (Wildman–Crippen LogP) is 25.3. The first-order valence-electron chi connectivity index (χ1n) is 31.6. The molecule has 0 bridgehead atoms. The molecular weight excluding hydrogens is 1120 g/mol. The van der Waals surface area contributed by atoms with Crippen LogP contribution in [0.4, 0.5) is 34.1 Å². The average molecular weight is 1180 g/mol. The Labute approximate surface area is 536 Å². The van der Waals surface area contributed by atoms with Crippen LogP contribution in [-0.4, -0.2) is 0 Å². The molecule has 16 aromatic rings. The molecule has 4 heteroatoms. The van der Waals surface area contributed by atoms with Gasteiger partial charge in [-0.3, -0.25) is 0 Å². The lowest BCUT2D eigenvalue weighted by atomic mass is 9.94. The number of anilines is 6. The molecule has 0 fully saturated rings. The highest BCUT2D eigenvalue weighted by Gasteiger charge is 2.25. The van der Waals surface area contributed by atoms with Crippen LogP contribution in [0.2, 0.25) is 0 Å². The third-order valence-electron chi connectivity index (χ3n) is 18.4. The molecule has 2 aromatic heterocycles. The van der Waals surface area contributed by atoms with Gasteiger partial charge in [-0.1, -0.05) is 231 Å². The number of hydrogen-bond donors (Lipinski definition) is 0. The summed E-state index contributed by atoms with van der Waals surface area (Å²) in [5, 5.41) is 4.42. The fraction of sp³-hybridized carbons (Fsp3) is 0.0455. The molecule has 0 aliphatic heterocycles. The van der Waals surface area contributed by atoms with E-state index in [4.69, 9.17) is 8.83 Å². The zero-order chi connectivity index (χ0) is 61.8. The Balaban J connectivity index is 0.791. The Morgan fingerprint density at radius 1 is 0.207 bits per heavy atom. The van der Waals surface area contributed by atoms with Gasteiger partial charge in [-0.05, 0) is 202 Å². The van der Waals surface area contributed by atoms with Gasteiger partial charge in [-0.2, -0.15) is 0 Å². The van der Waals surface area contributed by atoms with Crippen molar-refractivity contribution in [3.05, 3.63) is 338 Å². The Kier molecular flexibility index (Phi) is 14.1. The second kappa shape index (κ2) is 23.3. The maximum absolute atomic E-state index is 6.35. The van der Waals surface area contributed by atoms with E-state index in [-0.39, 0.29) is 0 Å². The SMILES string of the molecule is Cc1cc(-c2ccc(N(c3ccc(-c4ccc(-c5ccccc5)cc4)cc3)c3c(C)cccc3-c3ccc4oc5ccccc5c4c3)c(C)c2)ccc1N(c1ccc(-c2ccc(-c3ccccc3)cc2)cc1)c1c(C)cccc1-c1ccc2oc3ccccc3c2c1. The molecule has 14 aromatic carbocycles. The van der Waals surface area contributed by atoms with Gasteiger partial charge in [0.2, 0.25) is 0 Å². The van der Waals surface area contributed by atoms with E-state index in [9.17, 15) is 0 Å². The van der Waals surface area contributed by atoms with Crippen molar-refractivity contribution in [3.8, 4) is 77.9 Å². The zero-order valence-electron chi connectivity index (χ0n) is 51.7. The molecule has 0 radical (unpaired) electrons. The fourth-order valence-corrected chi connectivity index (χ4v) is 13.7. The molecule has 438 valence electrons. The summed E-state index contributed by atoms with van der Waals surface area (Å²) in [7, 11) is 0. The van der Waals surface area contributed by atoms with Crippen LogP contribution in [0.3, 0.4) is 0 Å². The Hall–Kier alpha value is -11.7. The number of benzene rings is 14. The smallest absolute Gasteiger partial charge is 0.135 e. The number of para-hydroxylation sites is 4. The maximum atomic E-state index is 6.35. The largest absolute Gasteiger partial charge is 0.456 e. The number of hydrogen-bond acceptors (Lipinski definition) is 4. The van der Waals surface area contributed by atoms with Gasteiger partial charge in [-0.25, -0.2) is 0 Å². The van der Waals surface area contributed by atoms with E-state index in [0.29, 0.717) is 0 Å². The minimum absolute atomic E-state index is 0.879. The first-order valence-corrected chi connectivity index (χ1v) is 31.6. The monoisotopic (exact) mass is 1180 g/mol. The lowest BCUT2D eigenvalue weighted by Gasteiger charge is -2.31. The van der Waals surface area contributed by atoms with Crippen molar-refractivity contribution < 1.29 is 8.83 Å². The van der Waals surface area contributed by atoms with Crippen LogP contribution in [-0.2, 0) is 0 Å². The van der Waals surface area contributed by atoms with Crippen LogP contribution in [0, 0.1) is 27.7 Å². The standard InChI is InChI=1S/C88H64N2O2/c1-57-17-15-25-75(71-43-51-85-79(55-71)77-23-11-13-27-83(77)91-85)87(57)89(73-45-37-67(38-46-73)65-33-29-63(30-34-65)61-19-7-5-8-20-61)81-49-41-69(53-59(81)3)70-42-50-82(60(4)54-70)90(74-47-39-68(40-48-74)66-35-31-64(32-36-66)62-21-9-6-10-22-62)88-58(2)18-16-26-76(88)72-44-52-86-80(56-72)78-24-12-14-28-84(78)92-86/h5-56H,1-4H3. The minimum atomic E-state index is 0.879. The number of nitrogens with zero attached hydrogens (tertiary/aromatic N) is 2. The van der Waals surface area contributed by atoms with Gasteiger partial charge in [0.25, 0.3) is 0 Å². The fourth-order valence-electron chi connectivity index (χ4n) is 13.7. The van der Waals surface area contributed by atoms with E-state index >= 15 is 0 Å². The summed E-state index contributed by atoms with van der Waals surface area (Å²) in [6.07, 6.45) is 0. The first-order chi connectivity index (χ1) is 45.2. The van der Waals surface area contributed by atoms with Gasteiger partial charge in [0, 0.05) is 55.4 Å². The molecule has 4 nitrogen and oxygen atoms in total. The molecule has 2 heterocycles. The van der Waals surface area contributed by atoms with Crippen LogP contribution < -0.4 is 9.80 Å². The van der Waals surface area contributed by atoms with Crippen molar-refractivity contribution in [2.45, 2.75) is 27.7 Å². The van der Waals surface area contributed by atoms with E-state index in [1.807, 2.05) is 24.3 Å². The number of aryl methyl sites for hydroxylation is 4. The van der Waals surface area contributed by atoms with E-state index in [0.717, 1.165) is 134 Å². The Morgan fingerprint density at radius 2 is 0.511 bits per heavy atom. The maximum Gasteiger partial charge on any atom is 0.135 e. The van der Waals surface area contributed by atoms with Gasteiger partial charge >= 0.3 is 0 Å². The van der Waals surface area contributed by atoms with Crippen molar-refractivity contribution in [3.63, 3.8) is 0 Å². The summed E-state index contributed by atoms with van der Waals surface area (Å²) in [5.41, 5.74) is 31.0. The third-order valence-corrected chi connectivity index (χ3v) is 18.4. The van der Waals surface area contributed by atoms with Crippen molar-refractivity contribution in [1.29, 1.82) is 0 Å². The quantitative estimate of drug-likeness (QED) is 0.115. The topological polar surface area (TPSA) is 32.8 Å². The van der Waals surface area contributed by atoms with Gasteiger partial charge in [0.1, 0.15) is 22.3 Å². The Bertz CT molecular complexity index is 5070. The summed E-state index contributed by atoms with van der Waals surface area (Å²) in [6, 6.07) is 114. The Morgan fingerprint density at radius 3 is 0.880 bits per heavy atom. The van der Waals surface area contributed by atoms with E-state index in [2.05, 4.69) is 329 Å². The molecule has 0 N–H and O–H groups in total. The molecule has 0 amide bonds. The van der Waals surface area contributed by atoms with Gasteiger partial charge in [0.15, 0.2) is 0 Å². The first kappa shape index (κ1) is 55.6. The van der Waals surface area contributed by atoms with E-state index in [1.165, 1.54) is 44.5 Å². The highest BCUT2D eigenvalue weighted by atomic mass is 16.3. The van der Waals surface area contributed by atoms with Crippen LogP contribution in [0.1, 0.15) is 22.3 Å². The highest BCUT2D eigenvalue weighted by Crippen LogP contribution is 2.49. The summed E-state index contributed by atoms with van der Waals surface area (Å²) in [4.78, 5) is 4.93. The molecule has 0 saturated carbocycles. The zero-order valence-corrected chi connectivity index (χ0v) is 51.7. The number of fused-ring (bicyclic) bond motifs is 6. The third kappa shape index (κ3) is 10.2. The van der Waals surface area contributed by atoms with Crippen LogP contribution in [0.25, 0.3) is 122 Å². The van der Waals surface area contributed by atoms with Crippen molar-refractivity contribution in [1.82, 2.24) is 0 Å². The summed E-state index contributed by atoms with van der Waals surface area (Å²) >= 11 is 0. The second-order valence-corrected chi connectivity index (χ2v) is 24.2. The van der Waals surface area contributed by atoms with Gasteiger partial charge in [0.05, 0.1) is 11.4 Å². The van der Waals surface area contributed by atoms with E-state index < -0.39 is 0 Å². The summed E-state index contributed by atoms with van der Waals surface area (Å²) < 4.78 is 12.7.